The number of fused-ring (bicyclic) bond motifs is 12. The molecule has 0 spiro atoms. The lowest BCUT2D eigenvalue weighted by Crippen LogP contribution is -2.10. The molecule has 1 aliphatic rings. The third kappa shape index (κ3) is 9.60. The molecule has 0 radical (unpaired) electrons. The van der Waals surface area contributed by atoms with Crippen molar-refractivity contribution < 1.29 is 17.7 Å². The molecule has 0 N–H and O–H groups in total. The van der Waals surface area contributed by atoms with Crippen molar-refractivity contribution >= 4 is 138 Å². The first-order valence-electron chi connectivity index (χ1n) is 34.8. The summed E-state index contributed by atoms with van der Waals surface area (Å²) in [6.45, 7) is 0. The minimum absolute atomic E-state index is 0.830. The highest BCUT2D eigenvalue weighted by molar-refractivity contribution is 6.20. The third-order valence-electron chi connectivity index (χ3n) is 20.7. The maximum absolute atomic E-state index is 6.50. The first-order valence-corrected chi connectivity index (χ1v) is 34.8. The average Bonchev–Trinajstić information content (AvgIpc) is 1.55. The second-order valence-electron chi connectivity index (χ2n) is 26.8. The molecule has 0 saturated heterocycles. The summed E-state index contributed by atoms with van der Waals surface area (Å²) >= 11 is 0. The average molecular weight is 1310 g/mol. The molecule has 8 nitrogen and oxygen atoms in total. The van der Waals surface area contributed by atoms with Gasteiger partial charge in [0.25, 0.3) is 0 Å². The molecule has 8 heteroatoms. The van der Waals surface area contributed by atoms with Gasteiger partial charge in [-0.15, -0.1) is 0 Å². The van der Waals surface area contributed by atoms with Crippen LogP contribution in [0.3, 0.4) is 0 Å². The van der Waals surface area contributed by atoms with Gasteiger partial charge in [-0.25, -0.2) is 0 Å². The van der Waals surface area contributed by atoms with Crippen molar-refractivity contribution in [1.29, 1.82) is 0 Å². The molecule has 0 amide bonds. The monoisotopic (exact) mass is 1310 g/mol. The maximum Gasteiger partial charge on any atom is 0.135 e. The van der Waals surface area contributed by atoms with Gasteiger partial charge in [-0.3, -0.25) is 0 Å². The Balaban J connectivity index is 0.723. The number of aryl methyl sites for hydroxylation is 1. The summed E-state index contributed by atoms with van der Waals surface area (Å²) in [7, 11) is 0. The first kappa shape index (κ1) is 57.5. The zero-order valence-corrected chi connectivity index (χ0v) is 55.2. The summed E-state index contributed by atoms with van der Waals surface area (Å²) in [6, 6.07) is 118. The number of hydrogen-bond acceptors (Lipinski definition) is 6. The van der Waals surface area contributed by atoms with E-state index < -0.39 is 0 Å². The summed E-state index contributed by atoms with van der Waals surface area (Å²) in [5.74, 6) is 4.46. The van der Waals surface area contributed by atoms with E-state index >= 15 is 0 Å². The predicted octanol–water partition coefficient (Wildman–Crippen LogP) is 26.6. The standard InChI is InChI=1S/C94H60N4O4/c1-3-19-71(20-4-1)97-83-55-77(95(73-37-31-59(32-38-73)91-51-65-15-7-11-23-87(65)99-91)75-41-35-61-47-69(29-27-63(61)49-75)93-53-67-17-9-13-25-89(67)101-93)43-45-79(83)81-58-86-82(57-85(81)97)80-46-44-78(56-84(80)98(86)72-21-5-2-6-22-72)96(74-39-33-60(34-40-74)92-52-66-16-8-12-24-88(66)100-92)76-42-36-62-48-70(30-28-64(62)50-76)94-54-68-18-10-14-26-90(68)102-94/h1-11,13-23,25-58H,12,24H2. The van der Waals surface area contributed by atoms with Crippen LogP contribution in [0.2, 0.25) is 0 Å². The molecular formula is C94H60N4O4. The maximum atomic E-state index is 6.50. The van der Waals surface area contributed by atoms with Crippen LogP contribution in [0.4, 0.5) is 34.1 Å². The molecule has 480 valence electrons. The summed E-state index contributed by atoms with van der Waals surface area (Å²) < 4.78 is 30.6. The molecule has 0 fully saturated rings. The van der Waals surface area contributed by atoms with E-state index in [0.717, 1.165) is 213 Å². The van der Waals surface area contributed by atoms with Crippen molar-refractivity contribution in [2.24, 2.45) is 0 Å². The van der Waals surface area contributed by atoms with Crippen LogP contribution < -0.4 is 9.80 Å². The van der Waals surface area contributed by atoms with Crippen LogP contribution in [-0.2, 0) is 6.42 Å². The van der Waals surface area contributed by atoms with Crippen LogP contribution >= 0.6 is 0 Å². The van der Waals surface area contributed by atoms with Gasteiger partial charge in [0.2, 0.25) is 0 Å². The predicted molar refractivity (Wildman–Crippen MR) is 420 cm³/mol. The number of hydrogen-bond donors (Lipinski definition) is 0. The lowest BCUT2D eigenvalue weighted by atomic mass is 10.0. The van der Waals surface area contributed by atoms with E-state index in [2.05, 4.69) is 316 Å². The van der Waals surface area contributed by atoms with Crippen molar-refractivity contribution in [1.82, 2.24) is 9.13 Å². The van der Waals surface area contributed by atoms with E-state index in [-0.39, 0.29) is 0 Å². The van der Waals surface area contributed by atoms with Gasteiger partial charge >= 0.3 is 0 Å². The fraction of sp³-hybridized carbons (Fsp3) is 0.0213. The SMILES string of the molecule is C1=Cc2cc(-c3ccc(N(c4ccc5cc(-c6cc7ccccc7o6)ccc5c4)c4ccc5c6cc7c(cc6n(-c6ccccc6)c5c4)c4ccc(N(c5ccc(-c6cc8ccccc8o6)cc5)c5ccc6cc(-c8cc9ccccc9o8)ccc6c5)cc4n7-c4ccccc4)cc3)oc2CC1. The van der Waals surface area contributed by atoms with Crippen molar-refractivity contribution in [2.75, 3.05) is 9.80 Å². The largest absolute Gasteiger partial charge is 0.460 e. The smallest absolute Gasteiger partial charge is 0.135 e. The second kappa shape index (κ2) is 23.0. The van der Waals surface area contributed by atoms with E-state index in [0.29, 0.717) is 0 Å². The number of rotatable bonds is 12. The van der Waals surface area contributed by atoms with Gasteiger partial charge in [0.15, 0.2) is 0 Å². The molecule has 20 aromatic rings. The summed E-state index contributed by atoms with van der Waals surface area (Å²) in [5, 5.41) is 12.3. The normalized spacial score (nSPS) is 12.4. The van der Waals surface area contributed by atoms with Gasteiger partial charge in [0.1, 0.15) is 45.6 Å². The first-order chi connectivity index (χ1) is 50.5. The quantitative estimate of drug-likeness (QED) is 0.121. The van der Waals surface area contributed by atoms with E-state index in [1.807, 2.05) is 42.5 Å². The van der Waals surface area contributed by atoms with Crippen LogP contribution in [0.25, 0.3) is 161 Å². The molecular weight excluding hydrogens is 1250 g/mol. The molecule has 14 aromatic carbocycles. The van der Waals surface area contributed by atoms with Crippen molar-refractivity contribution in [3.63, 3.8) is 0 Å². The van der Waals surface area contributed by atoms with Crippen molar-refractivity contribution in [2.45, 2.75) is 12.8 Å². The fourth-order valence-electron chi connectivity index (χ4n) is 15.7. The molecule has 6 heterocycles. The Bertz CT molecular complexity index is 6660. The van der Waals surface area contributed by atoms with Crippen LogP contribution in [0, 0.1) is 0 Å². The van der Waals surface area contributed by atoms with Crippen LogP contribution in [0.5, 0.6) is 0 Å². The number of allylic oxidation sites excluding steroid dienone is 1. The molecule has 0 atom stereocenters. The van der Waals surface area contributed by atoms with Gasteiger partial charge in [-0.2, -0.15) is 0 Å². The van der Waals surface area contributed by atoms with Crippen LogP contribution in [0.15, 0.2) is 351 Å². The molecule has 6 aromatic heterocycles. The third-order valence-corrected chi connectivity index (χ3v) is 20.7. The van der Waals surface area contributed by atoms with Crippen LogP contribution in [0.1, 0.15) is 17.7 Å². The van der Waals surface area contributed by atoms with Crippen molar-refractivity contribution in [3.8, 4) is 56.7 Å². The van der Waals surface area contributed by atoms with E-state index in [1.165, 1.54) is 0 Å². The molecule has 0 unspecified atom stereocenters. The highest BCUT2D eigenvalue weighted by atomic mass is 16.3. The number of nitrogens with zero attached hydrogens (tertiary/aromatic N) is 4. The Morgan fingerprint density at radius 2 is 0.618 bits per heavy atom. The number of para-hydroxylation sites is 5. The molecule has 102 heavy (non-hydrogen) atoms. The summed E-state index contributed by atoms with van der Waals surface area (Å²) in [4.78, 5) is 4.77. The van der Waals surface area contributed by atoms with E-state index in [1.54, 1.807) is 0 Å². The molecule has 1 aliphatic carbocycles. The Labute approximate surface area is 585 Å². The second-order valence-corrected chi connectivity index (χ2v) is 26.8. The lowest BCUT2D eigenvalue weighted by molar-refractivity contribution is 0.520. The zero-order valence-electron chi connectivity index (χ0n) is 55.2. The minimum Gasteiger partial charge on any atom is -0.460 e. The minimum atomic E-state index is 0.830. The van der Waals surface area contributed by atoms with Crippen molar-refractivity contribution in [3.05, 3.63) is 345 Å². The van der Waals surface area contributed by atoms with Gasteiger partial charge < -0.3 is 36.6 Å². The number of aromatic nitrogens is 2. The van der Waals surface area contributed by atoms with E-state index in [9.17, 15) is 0 Å². The number of furan rings is 4. The summed E-state index contributed by atoms with van der Waals surface area (Å²) in [5.41, 5.74) is 20.6. The highest BCUT2D eigenvalue weighted by Gasteiger charge is 2.25. The van der Waals surface area contributed by atoms with E-state index in [4.69, 9.17) is 17.7 Å². The molecule has 0 saturated carbocycles. The number of benzene rings is 14. The zero-order chi connectivity index (χ0) is 66.9. The summed E-state index contributed by atoms with van der Waals surface area (Å²) in [6.07, 6.45) is 6.31. The Morgan fingerprint density at radius 1 is 0.255 bits per heavy atom. The molecule has 0 bridgehead atoms. The van der Waals surface area contributed by atoms with Gasteiger partial charge in [-0.1, -0.05) is 152 Å². The number of anilines is 6. The Kier molecular flexibility index (Phi) is 13.0. The molecule has 0 aliphatic heterocycles. The topological polar surface area (TPSA) is 68.9 Å². The van der Waals surface area contributed by atoms with Gasteiger partial charge in [0.05, 0.1) is 22.1 Å². The molecule has 21 rings (SSSR count). The lowest BCUT2D eigenvalue weighted by Gasteiger charge is -2.26. The van der Waals surface area contributed by atoms with Gasteiger partial charge in [-0.05, 0) is 216 Å². The highest BCUT2D eigenvalue weighted by Crippen LogP contribution is 2.47. The fourth-order valence-corrected chi connectivity index (χ4v) is 15.7. The Hall–Kier alpha value is -13.6. The van der Waals surface area contributed by atoms with Gasteiger partial charge in [0, 0.05) is 117 Å². The Morgan fingerprint density at radius 3 is 1.07 bits per heavy atom. The van der Waals surface area contributed by atoms with Crippen LogP contribution in [-0.4, -0.2) is 9.13 Å².